The van der Waals surface area contributed by atoms with E-state index in [0.29, 0.717) is 22.9 Å². The van der Waals surface area contributed by atoms with E-state index >= 15 is 4.39 Å². The Hall–Kier alpha value is -4.30. The number of aryl methyl sites for hydroxylation is 2. The second-order valence-electron chi connectivity index (χ2n) is 10.5. The zero-order valence-corrected chi connectivity index (χ0v) is 22.2. The number of nitrogens with two attached hydrogens (primary N) is 2. The molecule has 39 heavy (non-hydrogen) atoms. The van der Waals surface area contributed by atoms with Crippen LogP contribution in [-0.4, -0.2) is 21.5 Å². The number of amidine groups is 1. The number of carbonyl (C=O) groups excluding carboxylic acids is 1. The van der Waals surface area contributed by atoms with Crippen LogP contribution < -0.4 is 16.8 Å². The van der Waals surface area contributed by atoms with Gasteiger partial charge in [0.1, 0.15) is 17.3 Å². The smallest absolute Gasteiger partial charge is 0.274 e. The highest BCUT2D eigenvalue weighted by Crippen LogP contribution is 2.40. The summed E-state index contributed by atoms with van der Waals surface area (Å²) in [4.78, 5) is 13.4. The van der Waals surface area contributed by atoms with Crippen molar-refractivity contribution in [3.05, 3.63) is 112 Å². The minimum atomic E-state index is -0.824. The summed E-state index contributed by atoms with van der Waals surface area (Å²) in [5.41, 5.74) is 16.7. The van der Waals surface area contributed by atoms with Gasteiger partial charge >= 0.3 is 0 Å². The molecule has 7 nitrogen and oxygen atoms in total. The Morgan fingerprint density at radius 3 is 2.49 bits per heavy atom. The molecule has 0 spiro atoms. The maximum Gasteiger partial charge on any atom is 0.274 e. The van der Waals surface area contributed by atoms with Crippen molar-refractivity contribution >= 4 is 17.4 Å². The number of benzene rings is 3. The number of aromatic nitrogens is 2. The first-order chi connectivity index (χ1) is 18.6. The van der Waals surface area contributed by atoms with E-state index in [1.54, 1.807) is 49.4 Å². The second-order valence-corrected chi connectivity index (χ2v) is 10.5. The van der Waals surface area contributed by atoms with Crippen LogP contribution in [0.2, 0.25) is 0 Å². The lowest BCUT2D eigenvalue weighted by atomic mass is 9.79. The highest BCUT2D eigenvalue weighted by Gasteiger charge is 2.33. The quantitative estimate of drug-likeness (QED) is 0.169. The second kappa shape index (κ2) is 10.5. The van der Waals surface area contributed by atoms with E-state index in [0.717, 1.165) is 29.5 Å². The molecule has 4 aromatic rings. The predicted octanol–water partition coefficient (Wildman–Crippen LogP) is 5.56. The number of hydrogen-bond acceptors (Lipinski definition) is 4. The van der Waals surface area contributed by atoms with Crippen LogP contribution in [0.3, 0.4) is 0 Å². The average Bonchev–Trinajstić information content (AvgIpc) is 3.67. The van der Waals surface area contributed by atoms with Crippen LogP contribution >= 0.6 is 0 Å². The maximum atomic E-state index is 15.1. The maximum absolute atomic E-state index is 15.1. The minimum absolute atomic E-state index is 0.0498. The molecule has 1 unspecified atom stereocenters. The summed E-state index contributed by atoms with van der Waals surface area (Å²) in [5.74, 6) is -0.480. The summed E-state index contributed by atoms with van der Waals surface area (Å²) in [6, 6.07) is 21.3. The molecule has 1 fully saturated rings. The SMILES string of the molecule is Cc1ccc(C(N)(CCC2CC2)c2ccc(F)c(NC(=O)c3cc(C)nn3-c3cccc(C(=N)N)c3)c2)cc1. The molecule has 0 saturated heterocycles. The van der Waals surface area contributed by atoms with Crippen molar-refractivity contribution in [1.29, 1.82) is 5.41 Å². The third-order valence-corrected chi connectivity index (χ3v) is 7.41. The molecule has 5 rings (SSSR count). The van der Waals surface area contributed by atoms with Crippen LogP contribution in [0, 0.1) is 31.0 Å². The van der Waals surface area contributed by atoms with Crippen LogP contribution in [0.15, 0.2) is 72.8 Å². The van der Waals surface area contributed by atoms with Crippen molar-refractivity contribution in [3.63, 3.8) is 0 Å². The van der Waals surface area contributed by atoms with E-state index in [1.165, 1.54) is 23.6 Å². The fraction of sp³-hybridized carbons (Fsp3) is 0.258. The number of nitrogens with one attached hydrogen (secondary N) is 2. The fourth-order valence-corrected chi connectivity index (χ4v) is 4.89. The lowest BCUT2D eigenvalue weighted by Crippen LogP contribution is -2.38. The number of nitrogens with zero attached hydrogens (tertiary/aromatic N) is 2. The number of rotatable bonds is 9. The van der Waals surface area contributed by atoms with Gasteiger partial charge in [0, 0.05) is 5.56 Å². The molecule has 0 bridgehead atoms. The van der Waals surface area contributed by atoms with Crippen LogP contribution in [0.25, 0.3) is 5.69 Å². The first-order valence-corrected chi connectivity index (χ1v) is 13.1. The summed E-state index contributed by atoms with van der Waals surface area (Å²) in [5, 5.41) is 14.9. The number of nitrogen functional groups attached to an aromatic ring is 1. The van der Waals surface area contributed by atoms with E-state index < -0.39 is 17.3 Å². The Balaban J connectivity index is 1.48. The summed E-state index contributed by atoms with van der Waals surface area (Å²) < 4.78 is 16.5. The molecule has 8 heteroatoms. The molecule has 1 heterocycles. The topological polar surface area (TPSA) is 123 Å². The molecule has 1 saturated carbocycles. The number of carbonyl (C=O) groups is 1. The molecule has 0 aliphatic heterocycles. The first kappa shape index (κ1) is 26.3. The van der Waals surface area contributed by atoms with E-state index in [9.17, 15) is 4.79 Å². The molecule has 1 atom stereocenters. The van der Waals surface area contributed by atoms with Gasteiger partial charge in [0.15, 0.2) is 0 Å². The molecule has 1 amide bonds. The lowest BCUT2D eigenvalue weighted by Gasteiger charge is -2.32. The molecule has 200 valence electrons. The van der Waals surface area contributed by atoms with Crippen molar-refractivity contribution < 1.29 is 9.18 Å². The third kappa shape index (κ3) is 5.61. The van der Waals surface area contributed by atoms with Crippen molar-refractivity contribution in [2.75, 3.05) is 5.32 Å². The first-order valence-electron chi connectivity index (χ1n) is 13.1. The average molecular weight is 525 g/mol. The van der Waals surface area contributed by atoms with E-state index in [2.05, 4.69) is 10.4 Å². The highest BCUT2D eigenvalue weighted by molar-refractivity contribution is 6.03. The largest absolute Gasteiger partial charge is 0.384 e. The van der Waals surface area contributed by atoms with Crippen LogP contribution in [0.4, 0.5) is 10.1 Å². The van der Waals surface area contributed by atoms with E-state index in [-0.39, 0.29) is 17.2 Å². The number of amides is 1. The van der Waals surface area contributed by atoms with Gasteiger partial charge in [-0.3, -0.25) is 10.2 Å². The van der Waals surface area contributed by atoms with Gasteiger partial charge in [-0.1, -0.05) is 60.9 Å². The van der Waals surface area contributed by atoms with E-state index in [4.69, 9.17) is 16.9 Å². The summed E-state index contributed by atoms with van der Waals surface area (Å²) in [7, 11) is 0. The predicted molar refractivity (Wildman–Crippen MR) is 152 cm³/mol. The van der Waals surface area contributed by atoms with Crippen molar-refractivity contribution in [3.8, 4) is 5.69 Å². The van der Waals surface area contributed by atoms with Crippen LogP contribution in [0.5, 0.6) is 0 Å². The third-order valence-electron chi connectivity index (χ3n) is 7.41. The van der Waals surface area contributed by atoms with E-state index in [1.807, 2.05) is 31.2 Å². The zero-order valence-electron chi connectivity index (χ0n) is 22.2. The van der Waals surface area contributed by atoms with Gasteiger partial charge in [0.2, 0.25) is 0 Å². The van der Waals surface area contributed by atoms with Crippen LogP contribution in [0.1, 0.15) is 64.1 Å². The normalized spacial score (nSPS) is 14.6. The lowest BCUT2D eigenvalue weighted by molar-refractivity contribution is 0.101. The van der Waals surface area contributed by atoms with Gasteiger partial charge < -0.3 is 16.8 Å². The standard InChI is InChI=1S/C31H33FN6O/c1-19-6-10-23(11-7-19)31(35,15-14-21-8-9-21)24-12-13-26(32)27(18-24)36-30(39)28-16-20(2)37-38(28)25-5-3-4-22(17-25)29(33)34/h3-7,10-13,16-18,21H,8-9,14-15,35H2,1-2H3,(H3,33,34)(H,36,39). The Bertz CT molecular complexity index is 1540. The zero-order chi connectivity index (χ0) is 27.7. The van der Waals surface area contributed by atoms with Crippen molar-refractivity contribution in [2.24, 2.45) is 17.4 Å². The monoisotopic (exact) mass is 524 g/mol. The summed E-state index contributed by atoms with van der Waals surface area (Å²) in [6.07, 6.45) is 4.15. The Labute approximate surface area is 227 Å². The molecule has 6 N–H and O–H groups in total. The molecule has 0 radical (unpaired) electrons. The number of hydrogen-bond donors (Lipinski definition) is 4. The van der Waals surface area contributed by atoms with Crippen LogP contribution in [-0.2, 0) is 5.54 Å². The van der Waals surface area contributed by atoms with Crippen molar-refractivity contribution in [2.45, 2.75) is 45.1 Å². The van der Waals surface area contributed by atoms with Gasteiger partial charge in [0.25, 0.3) is 5.91 Å². The van der Waals surface area contributed by atoms with Gasteiger partial charge in [-0.25, -0.2) is 9.07 Å². The number of anilines is 1. The molecular formula is C31H33FN6O. The minimum Gasteiger partial charge on any atom is -0.384 e. The van der Waals surface area contributed by atoms with Gasteiger partial charge in [-0.05, 0) is 74.1 Å². The molecule has 1 aromatic heterocycles. The summed E-state index contributed by atoms with van der Waals surface area (Å²) in [6.45, 7) is 3.80. The fourth-order valence-electron chi connectivity index (χ4n) is 4.89. The Kier molecular flexibility index (Phi) is 7.06. The molecule has 1 aliphatic rings. The van der Waals surface area contributed by atoms with Gasteiger partial charge in [-0.2, -0.15) is 5.10 Å². The molecule has 1 aliphatic carbocycles. The Morgan fingerprint density at radius 1 is 1.08 bits per heavy atom. The Morgan fingerprint density at radius 2 is 1.79 bits per heavy atom. The highest BCUT2D eigenvalue weighted by atomic mass is 19.1. The number of halogens is 1. The van der Waals surface area contributed by atoms with Gasteiger partial charge in [0.05, 0.1) is 22.6 Å². The summed E-state index contributed by atoms with van der Waals surface area (Å²) >= 11 is 0. The van der Waals surface area contributed by atoms with Crippen molar-refractivity contribution in [1.82, 2.24) is 9.78 Å². The van der Waals surface area contributed by atoms with Gasteiger partial charge in [-0.15, -0.1) is 0 Å². The molecule has 3 aromatic carbocycles. The molecular weight excluding hydrogens is 491 g/mol.